The molecule has 35 heavy (non-hydrogen) atoms. The van der Waals surface area contributed by atoms with Gasteiger partial charge in [0.05, 0.1) is 17.2 Å². The topological polar surface area (TPSA) is 68.1 Å². The van der Waals surface area contributed by atoms with Crippen LogP contribution in [0.3, 0.4) is 0 Å². The molecular weight excluding hydrogens is 465 g/mol. The van der Waals surface area contributed by atoms with Crippen molar-refractivity contribution in [1.82, 2.24) is 0 Å². The first-order chi connectivity index (χ1) is 16.9. The minimum absolute atomic E-state index is 0.0295. The zero-order chi connectivity index (χ0) is 24.8. The Morgan fingerprint density at radius 1 is 1.09 bits per heavy atom. The molecular formula is C28H24FNO4S. The van der Waals surface area contributed by atoms with Gasteiger partial charge in [-0.05, 0) is 55.8 Å². The molecule has 1 aliphatic rings. The first-order valence-electron chi connectivity index (χ1n) is 11.1. The van der Waals surface area contributed by atoms with E-state index >= 15 is 0 Å². The maximum atomic E-state index is 13.5. The van der Waals surface area contributed by atoms with Gasteiger partial charge in [-0.25, -0.2) is 14.2 Å². The standard InChI is InChI=1S/C28H24FNO4S/c1-3-33-28(32)25-26(31)24(35-27(25)30-22-13-11-18(2)12-14-22)16-20-8-4-5-10-23(20)34-17-19-7-6-9-21(29)15-19/h4-16,31H,3,17H2,1-2H3/b24-16+,30-27?. The molecule has 0 atom stereocenters. The minimum Gasteiger partial charge on any atom is -0.506 e. The number of hydrogen-bond donors (Lipinski definition) is 1. The number of aliphatic imine (C=N–C) groups is 1. The van der Waals surface area contributed by atoms with Crippen molar-refractivity contribution in [2.75, 3.05) is 6.61 Å². The zero-order valence-corrected chi connectivity index (χ0v) is 20.1. The highest BCUT2D eigenvalue weighted by atomic mass is 32.2. The average Bonchev–Trinajstić information content (AvgIpc) is 3.14. The lowest BCUT2D eigenvalue weighted by molar-refractivity contribution is -0.138. The highest BCUT2D eigenvalue weighted by molar-refractivity contribution is 8.18. The summed E-state index contributed by atoms with van der Waals surface area (Å²) in [7, 11) is 0. The van der Waals surface area contributed by atoms with Crippen LogP contribution in [0.25, 0.3) is 6.08 Å². The summed E-state index contributed by atoms with van der Waals surface area (Å²) in [5, 5.41) is 11.3. The molecule has 1 N–H and O–H groups in total. The largest absolute Gasteiger partial charge is 0.506 e. The van der Waals surface area contributed by atoms with Crippen molar-refractivity contribution in [1.29, 1.82) is 0 Å². The Labute approximate surface area is 207 Å². The molecule has 3 aromatic carbocycles. The smallest absolute Gasteiger partial charge is 0.344 e. The first-order valence-corrected chi connectivity index (χ1v) is 11.9. The molecule has 0 bridgehead atoms. The summed E-state index contributed by atoms with van der Waals surface area (Å²) in [6.07, 6.45) is 1.73. The van der Waals surface area contributed by atoms with E-state index in [0.29, 0.717) is 32.5 Å². The number of aliphatic hydroxyl groups excluding tert-OH is 1. The molecule has 0 amide bonds. The first kappa shape index (κ1) is 24.3. The van der Waals surface area contributed by atoms with Crippen LogP contribution >= 0.6 is 11.8 Å². The van der Waals surface area contributed by atoms with Gasteiger partial charge in [0.2, 0.25) is 0 Å². The third kappa shape index (κ3) is 6.00. The summed E-state index contributed by atoms with van der Waals surface area (Å²) in [4.78, 5) is 17.7. The Morgan fingerprint density at radius 2 is 1.86 bits per heavy atom. The number of para-hydroxylation sites is 1. The van der Waals surface area contributed by atoms with Crippen molar-refractivity contribution >= 4 is 34.5 Å². The Balaban J connectivity index is 1.66. The second kappa shape index (κ2) is 11.1. The highest BCUT2D eigenvalue weighted by Gasteiger charge is 2.33. The van der Waals surface area contributed by atoms with Gasteiger partial charge < -0.3 is 14.6 Å². The zero-order valence-electron chi connectivity index (χ0n) is 19.3. The van der Waals surface area contributed by atoms with Crippen molar-refractivity contribution in [3.63, 3.8) is 0 Å². The number of nitrogens with zero attached hydrogens (tertiary/aromatic N) is 1. The van der Waals surface area contributed by atoms with Gasteiger partial charge >= 0.3 is 5.97 Å². The van der Waals surface area contributed by atoms with Gasteiger partial charge in [0, 0.05) is 5.56 Å². The summed E-state index contributed by atoms with van der Waals surface area (Å²) in [6, 6.07) is 21.1. The number of benzene rings is 3. The van der Waals surface area contributed by atoms with Crippen LogP contribution in [0.2, 0.25) is 0 Å². The van der Waals surface area contributed by atoms with Gasteiger partial charge in [-0.2, -0.15) is 0 Å². The Bertz CT molecular complexity index is 1330. The van der Waals surface area contributed by atoms with E-state index in [1.807, 2.05) is 49.4 Å². The fraction of sp³-hybridized carbons (Fsp3) is 0.143. The molecule has 4 rings (SSSR count). The molecule has 5 nitrogen and oxygen atoms in total. The predicted octanol–water partition coefficient (Wildman–Crippen LogP) is 6.91. The summed E-state index contributed by atoms with van der Waals surface area (Å²) < 4.78 is 24.6. The third-order valence-electron chi connectivity index (χ3n) is 5.12. The van der Waals surface area contributed by atoms with Crippen LogP contribution in [0.4, 0.5) is 10.1 Å². The van der Waals surface area contributed by atoms with Crippen molar-refractivity contribution in [2.45, 2.75) is 20.5 Å². The Hall–Kier alpha value is -3.84. The van der Waals surface area contributed by atoms with E-state index in [9.17, 15) is 14.3 Å². The Morgan fingerprint density at radius 3 is 2.60 bits per heavy atom. The van der Waals surface area contributed by atoms with Gasteiger partial charge in [-0.3, -0.25) is 0 Å². The number of esters is 1. The van der Waals surface area contributed by atoms with Crippen LogP contribution in [0.1, 0.15) is 23.6 Å². The number of carbonyl (C=O) groups is 1. The van der Waals surface area contributed by atoms with Gasteiger partial charge in [-0.15, -0.1) is 0 Å². The molecule has 0 saturated heterocycles. The van der Waals surface area contributed by atoms with Gasteiger partial charge in [0.15, 0.2) is 0 Å². The van der Waals surface area contributed by atoms with Crippen molar-refractivity contribution < 1.29 is 23.8 Å². The highest BCUT2D eigenvalue weighted by Crippen LogP contribution is 2.41. The van der Waals surface area contributed by atoms with E-state index in [0.717, 1.165) is 5.56 Å². The molecule has 178 valence electrons. The van der Waals surface area contributed by atoms with E-state index in [4.69, 9.17) is 9.47 Å². The predicted molar refractivity (Wildman–Crippen MR) is 137 cm³/mol. The number of halogens is 1. The van der Waals surface area contributed by atoms with Crippen molar-refractivity contribution in [3.8, 4) is 5.75 Å². The summed E-state index contributed by atoms with van der Waals surface area (Å²) in [5.74, 6) is -0.605. The van der Waals surface area contributed by atoms with Gasteiger partial charge in [0.1, 0.15) is 34.5 Å². The lowest BCUT2D eigenvalue weighted by Gasteiger charge is -2.10. The SMILES string of the molecule is CCOC(=O)C1=C(O)/C(=C\c2ccccc2OCc2cccc(F)c2)SC1=Nc1ccc(C)cc1. The van der Waals surface area contributed by atoms with Crippen LogP contribution in [-0.4, -0.2) is 22.7 Å². The number of thioether (sulfide) groups is 1. The van der Waals surface area contributed by atoms with Crippen molar-refractivity contribution in [3.05, 3.63) is 112 Å². The van der Waals surface area contributed by atoms with Gasteiger partial charge in [-0.1, -0.05) is 59.8 Å². The molecule has 0 fully saturated rings. The van der Waals surface area contributed by atoms with E-state index in [-0.39, 0.29) is 30.4 Å². The van der Waals surface area contributed by atoms with E-state index in [1.165, 1.54) is 23.9 Å². The fourth-order valence-corrected chi connectivity index (χ4v) is 4.41. The van der Waals surface area contributed by atoms with E-state index in [1.54, 1.807) is 31.2 Å². The monoisotopic (exact) mass is 489 g/mol. The van der Waals surface area contributed by atoms with E-state index < -0.39 is 5.97 Å². The number of carbonyl (C=O) groups excluding carboxylic acids is 1. The number of hydrogen-bond acceptors (Lipinski definition) is 6. The van der Waals surface area contributed by atoms with Gasteiger partial charge in [0.25, 0.3) is 0 Å². The van der Waals surface area contributed by atoms with Crippen LogP contribution in [0.5, 0.6) is 5.75 Å². The molecule has 7 heteroatoms. The van der Waals surface area contributed by atoms with Crippen LogP contribution in [0.15, 0.2) is 94.0 Å². The molecule has 0 radical (unpaired) electrons. The summed E-state index contributed by atoms with van der Waals surface area (Å²) in [5.41, 5.74) is 3.17. The molecule has 3 aromatic rings. The minimum atomic E-state index is -0.637. The lowest BCUT2D eigenvalue weighted by Crippen LogP contribution is -2.12. The average molecular weight is 490 g/mol. The maximum Gasteiger partial charge on any atom is 0.344 e. The number of aryl methyl sites for hydroxylation is 1. The molecule has 1 heterocycles. The number of aliphatic hydroxyl groups is 1. The second-order valence-electron chi connectivity index (χ2n) is 7.76. The third-order valence-corrected chi connectivity index (χ3v) is 6.14. The maximum absolute atomic E-state index is 13.5. The van der Waals surface area contributed by atoms with Crippen molar-refractivity contribution in [2.24, 2.45) is 4.99 Å². The lowest BCUT2D eigenvalue weighted by atomic mass is 10.1. The molecule has 0 spiro atoms. The molecule has 0 saturated carbocycles. The number of rotatable bonds is 7. The second-order valence-corrected chi connectivity index (χ2v) is 8.79. The molecule has 0 aromatic heterocycles. The number of ether oxygens (including phenoxy) is 2. The van der Waals surface area contributed by atoms with E-state index in [2.05, 4.69) is 4.99 Å². The summed E-state index contributed by atoms with van der Waals surface area (Å²) >= 11 is 1.18. The fourth-order valence-electron chi connectivity index (χ4n) is 3.39. The molecule has 0 aliphatic carbocycles. The van der Waals surface area contributed by atoms with Crippen LogP contribution < -0.4 is 4.74 Å². The molecule has 1 aliphatic heterocycles. The van der Waals surface area contributed by atoms with Crippen LogP contribution in [0, 0.1) is 12.7 Å². The summed E-state index contributed by atoms with van der Waals surface area (Å²) in [6.45, 7) is 4.04. The van der Waals surface area contributed by atoms with Crippen LogP contribution in [-0.2, 0) is 16.1 Å². The quantitative estimate of drug-likeness (QED) is 0.365. The Kier molecular flexibility index (Phi) is 7.67. The molecule has 0 unspecified atom stereocenters. The normalized spacial score (nSPS) is 15.6.